The van der Waals surface area contributed by atoms with Crippen LogP contribution in [0.5, 0.6) is 11.5 Å². The summed E-state index contributed by atoms with van der Waals surface area (Å²) in [4.78, 5) is 15.6. The van der Waals surface area contributed by atoms with Crippen molar-refractivity contribution in [2.75, 3.05) is 13.1 Å². The molecule has 1 fully saturated rings. The number of aromatic nitrogens is 1. The molecule has 3 N–H and O–H groups in total. The van der Waals surface area contributed by atoms with E-state index in [1.54, 1.807) is 6.07 Å². The van der Waals surface area contributed by atoms with Gasteiger partial charge >= 0.3 is 6.61 Å². The number of amides is 1. The summed E-state index contributed by atoms with van der Waals surface area (Å²) in [6, 6.07) is 4.31. The molecular weight excluding hydrogens is 320 g/mol. The van der Waals surface area contributed by atoms with Crippen LogP contribution >= 0.6 is 0 Å². The standard InChI is InChI=1S/C16H17F2N3O3/c17-16(18)24-14-7-10-12(6-11(14)15(19)22)21-5-3-13(10)23-9-2-1-4-20-8-9/h3,5-7,9,16,20H,1-2,4,8H2,(H2,19,22)/t9-/m1/s1. The Labute approximate surface area is 136 Å². The normalized spacial score (nSPS) is 17.9. The first-order valence-electron chi connectivity index (χ1n) is 7.59. The zero-order valence-corrected chi connectivity index (χ0v) is 12.8. The SMILES string of the molecule is NC(=O)c1cc2nccc(O[C@@H]3CCCNC3)c2cc1OC(F)F. The summed E-state index contributed by atoms with van der Waals surface area (Å²) < 4.78 is 35.6. The average molecular weight is 337 g/mol. The number of hydrogen-bond donors (Lipinski definition) is 2. The Kier molecular flexibility index (Phi) is 4.75. The maximum atomic E-state index is 12.6. The summed E-state index contributed by atoms with van der Waals surface area (Å²) in [5, 5.41) is 3.73. The first-order chi connectivity index (χ1) is 11.5. The zero-order valence-electron chi connectivity index (χ0n) is 12.8. The number of pyridine rings is 1. The summed E-state index contributed by atoms with van der Waals surface area (Å²) in [6.07, 6.45) is 3.42. The molecular formula is C16H17F2N3O3. The maximum Gasteiger partial charge on any atom is 0.387 e. The number of carbonyl (C=O) groups excluding carboxylic acids is 1. The minimum absolute atomic E-state index is 0.0142. The summed E-state index contributed by atoms with van der Waals surface area (Å²) in [5.41, 5.74) is 5.51. The molecule has 1 saturated heterocycles. The second kappa shape index (κ2) is 6.96. The molecule has 1 aromatic carbocycles. The van der Waals surface area contributed by atoms with Gasteiger partial charge in [-0.25, -0.2) is 0 Å². The quantitative estimate of drug-likeness (QED) is 0.872. The fraction of sp³-hybridized carbons (Fsp3) is 0.375. The average Bonchev–Trinajstić information content (AvgIpc) is 2.55. The Bertz CT molecular complexity index is 749. The topological polar surface area (TPSA) is 86.5 Å². The van der Waals surface area contributed by atoms with Crippen LogP contribution in [0.3, 0.4) is 0 Å². The molecule has 2 heterocycles. The number of fused-ring (bicyclic) bond motifs is 1. The summed E-state index contributed by atoms with van der Waals surface area (Å²) in [7, 11) is 0. The number of carbonyl (C=O) groups is 1. The van der Waals surface area contributed by atoms with Crippen molar-refractivity contribution in [1.82, 2.24) is 10.3 Å². The van der Waals surface area contributed by atoms with E-state index < -0.39 is 12.5 Å². The van der Waals surface area contributed by atoms with E-state index in [2.05, 4.69) is 15.0 Å². The monoisotopic (exact) mass is 337 g/mol. The van der Waals surface area contributed by atoms with Gasteiger partial charge in [0, 0.05) is 18.1 Å². The number of benzene rings is 1. The lowest BCUT2D eigenvalue weighted by Gasteiger charge is -2.24. The number of nitrogens with one attached hydrogen (secondary N) is 1. The molecule has 1 aliphatic heterocycles. The molecule has 1 atom stereocenters. The van der Waals surface area contributed by atoms with Gasteiger partial charge in [-0.2, -0.15) is 8.78 Å². The molecule has 0 unspecified atom stereocenters. The molecule has 0 aliphatic carbocycles. The Morgan fingerprint density at radius 2 is 2.21 bits per heavy atom. The van der Waals surface area contributed by atoms with Crippen molar-refractivity contribution in [3.05, 3.63) is 30.0 Å². The van der Waals surface area contributed by atoms with Crippen molar-refractivity contribution >= 4 is 16.8 Å². The van der Waals surface area contributed by atoms with Gasteiger partial charge in [-0.15, -0.1) is 0 Å². The molecule has 1 aromatic heterocycles. The van der Waals surface area contributed by atoms with Crippen molar-refractivity contribution in [2.24, 2.45) is 5.73 Å². The number of rotatable bonds is 5. The van der Waals surface area contributed by atoms with Crippen LogP contribution in [-0.2, 0) is 0 Å². The highest BCUT2D eigenvalue weighted by atomic mass is 19.3. The number of ether oxygens (including phenoxy) is 2. The van der Waals surface area contributed by atoms with E-state index in [1.807, 2.05) is 0 Å². The first kappa shape index (κ1) is 16.4. The zero-order chi connectivity index (χ0) is 17.1. The number of nitrogens with two attached hydrogens (primary N) is 1. The molecule has 0 bridgehead atoms. The molecule has 128 valence electrons. The van der Waals surface area contributed by atoms with Gasteiger partial charge in [0.05, 0.1) is 11.1 Å². The predicted octanol–water partition coefficient (Wildman–Crippen LogP) is 2.07. The lowest BCUT2D eigenvalue weighted by Crippen LogP contribution is -2.37. The van der Waals surface area contributed by atoms with E-state index in [-0.39, 0.29) is 17.4 Å². The van der Waals surface area contributed by atoms with E-state index in [0.717, 1.165) is 19.4 Å². The van der Waals surface area contributed by atoms with E-state index in [4.69, 9.17) is 10.5 Å². The molecule has 0 spiro atoms. The van der Waals surface area contributed by atoms with Crippen LogP contribution in [0.15, 0.2) is 24.4 Å². The van der Waals surface area contributed by atoms with Crippen molar-refractivity contribution in [2.45, 2.75) is 25.6 Å². The molecule has 0 saturated carbocycles. The van der Waals surface area contributed by atoms with Crippen molar-refractivity contribution < 1.29 is 23.0 Å². The maximum absolute atomic E-state index is 12.6. The van der Waals surface area contributed by atoms with Crippen LogP contribution in [-0.4, -0.2) is 36.7 Å². The van der Waals surface area contributed by atoms with Crippen LogP contribution in [0.25, 0.3) is 10.9 Å². The molecule has 2 aromatic rings. The second-order valence-electron chi connectivity index (χ2n) is 5.50. The number of piperidine rings is 1. The highest BCUT2D eigenvalue weighted by Crippen LogP contribution is 2.32. The summed E-state index contributed by atoms with van der Waals surface area (Å²) >= 11 is 0. The van der Waals surface area contributed by atoms with Crippen LogP contribution in [0.1, 0.15) is 23.2 Å². The first-order valence-corrected chi connectivity index (χ1v) is 7.59. The molecule has 1 aliphatic rings. The Morgan fingerprint density at radius 1 is 1.38 bits per heavy atom. The van der Waals surface area contributed by atoms with Crippen LogP contribution < -0.4 is 20.5 Å². The molecule has 6 nitrogen and oxygen atoms in total. The van der Waals surface area contributed by atoms with Crippen LogP contribution in [0.2, 0.25) is 0 Å². The third-order valence-electron chi connectivity index (χ3n) is 3.83. The molecule has 8 heteroatoms. The number of halogens is 2. The Hall–Kier alpha value is -2.48. The third-order valence-corrected chi connectivity index (χ3v) is 3.83. The van der Waals surface area contributed by atoms with E-state index in [9.17, 15) is 13.6 Å². The number of nitrogens with zero attached hydrogens (tertiary/aromatic N) is 1. The highest BCUT2D eigenvalue weighted by molar-refractivity contribution is 6.01. The van der Waals surface area contributed by atoms with Gasteiger partial charge in [-0.1, -0.05) is 0 Å². The second-order valence-corrected chi connectivity index (χ2v) is 5.50. The van der Waals surface area contributed by atoms with Crippen molar-refractivity contribution in [3.8, 4) is 11.5 Å². The van der Waals surface area contributed by atoms with Crippen LogP contribution in [0, 0.1) is 0 Å². The summed E-state index contributed by atoms with van der Waals surface area (Å²) in [6.45, 7) is -1.40. The van der Waals surface area contributed by atoms with Gasteiger partial charge in [-0.3, -0.25) is 9.78 Å². The van der Waals surface area contributed by atoms with E-state index >= 15 is 0 Å². The fourth-order valence-electron chi connectivity index (χ4n) is 2.74. The van der Waals surface area contributed by atoms with Crippen molar-refractivity contribution in [3.63, 3.8) is 0 Å². The van der Waals surface area contributed by atoms with Crippen LogP contribution in [0.4, 0.5) is 8.78 Å². The largest absolute Gasteiger partial charge is 0.488 e. The van der Waals surface area contributed by atoms with E-state index in [1.165, 1.54) is 18.3 Å². The highest BCUT2D eigenvalue weighted by Gasteiger charge is 2.19. The molecule has 1 amide bonds. The minimum atomic E-state index is -3.07. The van der Waals surface area contributed by atoms with Crippen molar-refractivity contribution in [1.29, 1.82) is 0 Å². The Balaban J connectivity index is 2.02. The van der Waals surface area contributed by atoms with Gasteiger partial charge in [0.1, 0.15) is 17.6 Å². The van der Waals surface area contributed by atoms with Gasteiger partial charge in [0.2, 0.25) is 0 Å². The lowest BCUT2D eigenvalue weighted by molar-refractivity contribution is -0.0500. The molecule has 24 heavy (non-hydrogen) atoms. The smallest absolute Gasteiger partial charge is 0.387 e. The lowest BCUT2D eigenvalue weighted by atomic mass is 10.1. The minimum Gasteiger partial charge on any atom is -0.488 e. The number of hydrogen-bond acceptors (Lipinski definition) is 5. The van der Waals surface area contributed by atoms with E-state index in [0.29, 0.717) is 23.2 Å². The molecule has 0 radical (unpaired) electrons. The van der Waals surface area contributed by atoms with Gasteiger partial charge in [0.25, 0.3) is 5.91 Å². The molecule has 3 rings (SSSR count). The summed E-state index contributed by atoms with van der Waals surface area (Å²) in [5.74, 6) is -0.648. The fourth-order valence-corrected chi connectivity index (χ4v) is 2.74. The van der Waals surface area contributed by atoms with Gasteiger partial charge in [0.15, 0.2) is 0 Å². The number of alkyl halides is 2. The predicted molar refractivity (Wildman–Crippen MR) is 83.4 cm³/mol. The third kappa shape index (κ3) is 3.53. The van der Waals surface area contributed by atoms with Gasteiger partial charge < -0.3 is 20.5 Å². The van der Waals surface area contributed by atoms with Gasteiger partial charge in [-0.05, 0) is 37.6 Å². The number of primary amides is 1. The Morgan fingerprint density at radius 3 is 2.88 bits per heavy atom.